The van der Waals surface area contributed by atoms with E-state index in [4.69, 9.17) is 16.3 Å². The normalized spacial score (nSPS) is 13.9. The third-order valence-electron chi connectivity index (χ3n) is 5.06. The predicted octanol–water partition coefficient (Wildman–Crippen LogP) is 3.71. The molecule has 30 heavy (non-hydrogen) atoms. The summed E-state index contributed by atoms with van der Waals surface area (Å²) in [5.74, 6) is -1.01. The number of amides is 1. The molecule has 0 unspecified atom stereocenters. The Bertz CT molecular complexity index is 1310. The highest BCUT2D eigenvalue weighted by atomic mass is 35.5. The van der Waals surface area contributed by atoms with E-state index >= 15 is 0 Å². The predicted molar refractivity (Wildman–Crippen MR) is 103 cm³/mol. The molecule has 0 aliphatic heterocycles. The number of aromatic nitrogens is 5. The third-order valence-corrected chi connectivity index (χ3v) is 5.25. The molecule has 8 nitrogen and oxygen atoms in total. The highest BCUT2D eigenvalue weighted by Crippen LogP contribution is 2.42. The number of fused-ring (bicyclic) bond motifs is 2. The molecular formula is C19H15ClF2N6O2. The molecule has 3 heterocycles. The van der Waals surface area contributed by atoms with Gasteiger partial charge in [-0.1, -0.05) is 11.6 Å². The monoisotopic (exact) mass is 432 g/mol. The zero-order valence-corrected chi connectivity index (χ0v) is 16.5. The summed E-state index contributed by atoms with van der Waals surface area (Å²) in [4.78, 5) is 20.8. The zero-order chi connectivity index (χ0) is 21.0. The molecule has 0 radical (unpaired) electrons. The van der Waals surface area contributed by atoms with Crippen LogP contribution < -0.4 is 10.1 Å². The Morgan fingerprint density at radius 3 is 2.80 bits per heavy atom. The highest BCUT2D eigenvalue weighted by Gasteiger charge is 2.28. The third kappa shape index (κ3) is 3.22. The molecule has 4 aromatic rings. The number of carbonyl (C=O) groups is 1. The summed E-state index contributed by atoms with van der Waals surface area (Å²) >= 11 is 6.09. The fourth-order valence-electron chi connectivity index (χ4n) is 3.36. The van der Waals surface area contributed by atoms with Crippen LogP contribution in [0.25, 0.3) is 16.7 Å². The number of halogens is 3. The van der Waals surface area contributed by atoms with Gasteiger partial charge in [0.2, 0.25) is 5.88 Å². The van der Waals surface area contributed by atoms with E-state index in [-0.39, 0.29) is 23.1 Å². The van der Waals surface area contributed by atoms with E-state index in [1.54, 1.807) is 17.8 Å². The van der Waals surface area contributed by atoms with Gasteiger partial charge in [0.15, 0.2) is 17.3 Å². The topological polar surface area (TPSA) is 86.3 Å². The van der Waals surface area contributed by atoms with Gasteiger partial charge in [-0.05, 0) is 18.8 Å². The second-order valence-electron chi connectivity index (χ2n) is 7.11. The Kier molecular flexibility index (Phi) is 4.31. The maximum absolute atomic E-state index is 13.5. The van der Waals surface area contributed by atoms with Crippen LogP contribution in [0, 0.1) is 11.6 Å². The zero-order valence-electron chi connectivity index (χ0n) is 15.7. The van der Waals surface area contributed by atoms with Crippen molar-refractivity contribution in [2.75, 3.05) is 0 Å². The summed E-state index contributed by atoms with van der Waals surface area (Å²) in [5.41, 5.74) is 2.23. The molecule has 154 valence electrons. The Morgan fingerprint density at radius 2 is 2.03 bits per heavy atom. The van der Waals surface area contributed by atoms with Gasteiger partial charge < -0.3 is 14.6 Å². The first-order chi connectivity index (χ1) is 14.4. The molecule has 1 amide bonds. The number of aryl methyl sites for hydroxylation is 1. The number of hydrogen-bond donors (Lipinski definition) is 1. The van der Waals surface area contributed by atoms with E-state index in [9.17, 15) is 13.6 Å². The largest absolute Gasteiger partial charge is 0.414 e. The van der Waals surface area contributed by atoms with Gasteiger partial charge in [-0.3, -0.25) is 0 Å². The molecule has 0 atom stereocenters. The fraction of sp³-hybridized carbons (Fsp3) is 0.263. The van der Waals surface area contributed by atoms with Crippen LogP contribution in [0.4, 0.5) is 13.6 Å². The molecular weight excluding hydrogens is 418 g/mol. The summed E-state index contributed by atoms with van der Waals surface area (Å²) < 4.78 is 35.3. The van der Waals surface area contributed by atoms with Gasteiger partial charge in [0.05, 0.1) is 23.8 Å². The Hall–Kier alpha value is -3.27. The lowest BCUT2D eigenvalue weighted by molar-refractivity contribution is 0.196. The maximum atomic E-state index is 13.5. The summed E-state index contributed by atoms with van der Waals surface area (Å²) in [6.07, 6.45) is 3.08. The minimum Gasteiger partial charge on any atom is -0.391 e. The molecule has 11 heteroatoms. The van der Waals surface area contributed by atoms with Crippen LogP contribution in [0.1, 0.15) is 30.1 Å². The van der Waals surface area contributed by atoms with E-state index in [0.717, 1.165) is 30.5 Å². The van der Waals surface area contributed by atoms with Gasteiger partial charge in [0.25, 0.3) is 0 Å². The van der Waals surface area contributed by atoms with E-state index in [0.29, 0.717) is 22.9 Å². The number of nitrogens with zero attached hydrogens (tertiary/aromatic N) is 5. The van der Waals surface area contributed by atoms with E-state index in [1.807, 2.05) is 0 Å². The molecule has 1 fully saturated rings. The van der Waals surface area contributed by atoms with Crippen molar-refractivity contribution in [1.82, 2.24) is 29.5 Å². The van der Waals surface area contributed by atoms with Crippen LogP contribution in [0.15, 0.2) is 24.4 Å². The van der Waals surface area contributed by atoms with Crippen molar-refractivity contribution in [2.45, 2.75) is 25.3 Å². The van der Waals surface area contributed by atoms with Crippen LogP contribution in [0.2, 0.25) is 5.15 Å². The van der Waals surface area contributed by atoms with Gasteiger partial charge in [0, 0.05) is 30.8 Å². The number of carbonyl (C=O) groups excluding carboxylic acids is 1. The van der Waals surface area contributed by atoms with Gasteiger partial charge >= 0.3 is 6.09 Å². The minimum absolute atomic E-state index is 0.0123. The van der Waals surface area contributed by atoms with Crippen molar-refractivity contribution >= 4 is 34.4 Å². The van der Waals surface area contributed by atoms with Gasteiger partial charge in [-0.2, -0.15) is 9.61 Å². The van der Waals surface area contributed by atoms with Crippen molar-refractivity contribution < 1.29 is 18.3 Å². The molecule has 1 aromatic carbocycles. The lowest BCUT2D eigenvalue weighted by Crippen LogP contribution is -2.28. The number of benzene rings is 1. The van der Waals surface area contributed by atoms with Gasteiger partial charge in [-0.25, -0.2) is 23.5 Å². The number of ether oxygens (including phenoxy) is 1. The second-order valence-corrected chi connectivity index (χ2v) is 7.50. The summed E-state index contributed by atoms with van der Waals surface area (Å²) in [7, 11) is 1.64. The number of imidazole rings is 1. The van der Waals surface area contributed by atoms with E-state index in [1.165, 1.54) is 10.6 Å². The average molecular weight is 433 g/mol. The van der Waals surface area contributed by atoms with Crippen molar-refractivity contribution in [3.8, 4) is 5.88 Å². The van der Waals surface area contributed by atoms with Crippen LogP contribution in [0.3, 0.4) is 0 Å². The van der Waals surface area contributed by atoms with E-state index in [2.05, 4.69) is 20.4 Å². The summed E-state index contributed by atoms with van der Waals surface area (Å²) in [5, 5.41) is 7.01. The van der Waals surface area contributed by atoms with Crippen molar-refractivity contribution in [3.05, 3.63) is 52.6 Å². The molecule has 1 aliphatic rings. The Balaban J connectivity index is 1.35. The number of rotatable bonds is 4. The average Bonchev–Trinajstić information content (AvgIpc) is 3.39. The minimum atomic E-state index is -0.983. The second kappa shape index (κ2) is 6.91. The molecule has 0 saturated heterocycles. The molecule has 5 rings (SSSR count). The lowest BCUT2D eigenvalue weighted by Gasteiger charge is -2.08. The molecule has 1 saturated carbocycles. The van der Waals surface area contributed by atoms with Crippen LogP contribution in [-0.4, -0.2) is 30.2 Å². The van der Waals surface area contributed by atoms with Crippen molar-refractivity contribution in [2.24, 2.45) is 7.05 Å². The molecule has 1 N–H and O–H groups in total. The highest BCUT2D eigenvalue weighted by molar-refractivity contribution is 6.29. The smallest absolute Gasteiger partial charge is 0.391 e. The molecule has 3 aromatic heterocycles. The van der Waals surface area contributed by atoms with Crippen molar-refractivity contribution in [3.63, 3.8) is 0 Å². The van der Waals surface area contributed by atoms with Crippen LogP contribution >= 0.6 is 11.6 Å². The van der Waals surface area contributed by atoms with Gasteiger partial charge in [0.1, 0.15) is 11.0 Å². The molecule has 0 spiro atoms. The quantitative estimate of drug-likeness (QED) is 0.497. The summed E-state index contributed by atoms with van der Waals surface area (Å²) in [6, 6.07) is 3.47. The fourth-order valence-corrected chi connectivity index (χ4v) is 3.53. The first-order valence-corrected chi connectivity index (χ1v) is 9.58. The summed E-state index contributed by atoms with van der Waals surface area (Å²) in [6.45, 7) is -0.0123. The number of hydrogen-bond acceptors (Lipinski definition) is 5. The molecule has 1 aliphatic carbocycles. The van der Waals surface area contributed by atoms with E-state index < -0.39 is 17.7 Å². The lowest BCUT2D eigenvalue weighted by atomic mass is 10.2. The van der Waals surface area contributed by atoms with Crippen LogP contribution in [-0.2, 0) is 13.6 Å². The van der Waals surface area contributed by atoms with Crippen LogP contribution in [0.5, 0.6) is 5.88 Å². The van der Waals surface area contributed by atoms with Gasteiger partial charge in [-0.15, -0.1) is 0 Å². The Labute approximate surface area is 173 Å². The van der Waals surface area contributed by atoms with Crippen molar-refractivity contribution in [1.29, 1.82) is 0 Å². The first kappa shape index (κ1) is 18.7. The molecule has 0 bridgehead atoms. The standard InChI is InChI=1S/C19H15ClF2N6O2/c1-27-14-5-12(22)11(21)4-13(14)25-16(27)8-23-19(29)30-17-6-15(20)26-18-10(9-2-3-9)7-24-28(17)18/h4-7,9H,2-3,8H2,1H3,(H,23,29). The maximum Gasteiger partial charge on any atom is 0.414 e. The Morgan fingerprint density at radius 1 is 1.27 bits per heavy atom. The number of nitrogens with one attached hydrogen (secondary N) is 1. The first-order valence-electron chi connectivity index (χ1n) is 9.21. The SMILES string of the molecule is Cn1c(CNC(=O)Oc2cc(Cl)nc3c(C4CC4)cnn23)nc2cc(F)c(F)cc21.